The third-order valence-corrected chi connectivity index (χ3v) is 5.10. The third kappa shape index (κ3) is 7.82. The maximum Gasteiger partial charge on any atom is 0.191 e. The van der Waals surface area contributed by atoms with Crippen molar-refractivity contribution >= 4 is 29.9 Å². The van der Waals surface area contributed by atoms with Crippen molar-refractivity contribution in [3.05, 3.63) is 11.6 Å². The summed E-state index contributed by atoms with van der Waals surface area (Å²) in [6, 6.07) is 0. The first-order valence-electron chi connectivity index (χ1n) is 10.2. The Bertz CT molecular complexity index is 595. The molecule has 0 aliphatic carbocycles. The number of aliphatic hydroxyl groups is 1. The minimum atomic E-state index is -0.711. The summed E-state index contributed by atoms with van der Waals surface area (Å²) in [4.78, 5) is 4.66. The van der Waals surface area contributed by atoms with Gasteiger partial charge in [0.25, 0.3) is 0 Å². The standard InChI is InChI=1S/C19H36N6O2.HI/c1-5-9-19(26,10-6-2)14-22-18(20-12-16-8-7-11-27-16)21-13-17-24-23-15(3)25(17)4;/h16,26H,5-14H2,1-4H3,(H2,20,21,22);1H. The van der Waals surface area contributed by atoms with Gasteiger partial charge < -0.3 is 25.0 Å². The van der Waals surface area contributed by atoms with Crippen molar-refractivity contribution in [3.63, 3.8) is 0 Å². The van der Waals surface area contributed by atoms with Gasteiger partial charge in [0, 0.05) is 26.7 Å². The Morgan fingerprint density at radius 2 is 2.00 bits per heavy atom. The molecule has 1 aliphatic heterocycles. The molecule has 0 spiro atoms. The Kier molecular flexibility index (Phi) is 11.3. The summed E-state index contributed by atoms with van der Waals surface area (Å²) in [5, 5.41) is 25.8. The Morgan fingerprint density at radius 3 is 2.54 bits per heavy atom. The van der Waals surface area contributed by atoms with Gasteiger partial charge in [-0.2, -0.15) is 0 Å². The van der Waals surface area contributed by atoms with Crippen LogP contribution in [0, 0.1) is 6.92 Å². The number of ether oxygens (including phenoxy) is 1. The van der Waals surface area contributed by atoms with Crippen molar-refractivity contribution in [1.82, 2.24) is 25.4 Å². The Morgan fingerprint density at radius 1 is 1.29 bits per heavy atom. The lowest BCUT2D eigenvalue weighted by Crippen LogP contribution is -2.48. The highest BCUT2D eigenvalue weighted by atomic mass is 127. The number of nitrogens with one attached hydrogen (secondary N) is 2. The average Bonchev–Trinajstić information content (AvgIpc) is 3.26. The molecule has 1 unspecified atom stereocenters. The molecule has 1 aromatic heterocycles. The van der Waals surface area contributed by atoms with Crippen LogP contribution in [0.1, 0.15) is 64.0 Å². The smallest absolute Gasteiger partial charge is 0.191 e. The molecule has 0 aromatic carbocycles. The maximum absolute atomic E-state index is 10.9. The molecule has 2 rings (SSSR count). The van der Waals surface area contributed by atoms with E-state index in [1.54, 1.807) is 0 Å². The Labute approximate surface area is 186 Å². The first-order chi connectivity index (χ1) is 13.0. The van der Waals surface area contributed by atoms with Crippen LogP contribution in [0.3, 0.4) is 0 Å². The molecule has 0 saturated carbocycles. The van der Waals surface area contributed by atoms with Gasteiger partial charge in [0.05, 0.1) is 11.7 Å². The van der Waals surface area contributed by atoms with Gasteiger partial charge in [0.15, 0.2) is 11.8 Å². The number of guanidine groups is 1. The topological polar surface area (TPSA) is 96.6 Å². The summed E-state index contributed by atoms with van der Waals surface area (Å²) < 4.78 is 7.63. The molecular weight excluding hydrogens is 471 g/mol. The van der Waals surface area contributed by atoms with E-state index in [-0.39, 0.29) is 30.1 Å². The molecule has 1 fully saturated rings. The van der Waals surface area contributed by atoms with E-state index in [1.165, 1.54) is 0 Å². The zero-order valence-electron chi connectivity index (χ0n) is 17.7. The summed E-state index contributed by atoms with van der Waals surface area (Å²) >= 11 is 0. The zero-order valence-corrected chi connectivity index (χ0v) is 20.0. The molecule has 3 N–H and O–H groups in total. The highest BCUT2D eigenvalue weighted by Gasteiger charge is 2.25. The van der Waals surface area contributed by atoms with Crippen LogP contribution in [0.4, 0.5) is 0 Å². The average molecular weight is 508 g/mol. The molecule has 162 valence electrons. The lowest BCUT2D eigenvalue weighted by molar-refractivity contribution is 0.0256. The van der Waals surface area contributed by atoms with Gasteiger partial charge in [-0.3, -0.25) is 0 Å². The molecule has 0 bridgehead atoms. The molecule has 0 radical (unpaired) electrons. The van der Waals surface area contributed by atoms with Crippen LogP contribution in [0.15, 0.2) is 4.99 Å². The lowest BCUT2D eigenvalue weighted by atomic mass is 9.93. The Balaban J connectivity index is 0.00000392. The fourth-order valence-corrected chi connectivity index (χ4v) is 3.41. The normalized spacial score (nSPS) is 17.5. The Hall–Kier alpha value is -0.940. The fourth-order valence-electron chi connectivity index (χ4n) is 3.41. The maximum atomic E-state index is 10.9. The SMILES string of the molecule is CCCC(O)(CCC)CNC(=NCc1nnc(C)n1C)NCC1CCCO1.I. The van der Waals surface area contributed by atoms with Gasteiger partial charge in [0.1, 0.15) is 12.4 Å². The molecule has 8 nitrogen and oxygen atoms in total. The van der Waals surface area contributed by atoms with E-state index in [1.807, 2.05) is 18.5 Å². The van der Waals surface area contributed by atoms with Crippen molar-refractivity contribution < 1.29 is 9.84 Å². The van der Waals surface area contributed by atoms with Crippen LogP contribution in [0.2, 0.25) is 0 Å². The van der Waals surface area contributed by atoms with Crippen molar-refractivity contribution in [2.24, 2.45) is 12.0 Å². The van der Waals surface area contributed by atoms with Gasteiger partial charge in [-0.1, -0.05) is 26.7 Å². The molecule has 2 heterocycles. The summed E-state index contributed by atoms with van der Waals surface area (Å²) in [7, 11) is 1.94. The fraction of sp³-hybridized carbons (Fsp3) is 0.842. The molecule has 1 saturated heterocycles. The second-order valence-electron chi connectivity index (χ2n) is 7.48. The number of hydrogen-bond acceptors (Lipinski definition) is 5. The highest BCUT2D eigenvalue weighted by Crippen LogP contribution is 2.18. The molecule has 28 heavy (non-hydrogen) atoms. The van der Waals surface area contributed by atoms with E-state index >= 15 is 0 Å². The second kappa shape index (κ2) is 12.6. The van der Waals surface area contributed by atoms with Gasteiger partial charge >= 0.3 is 0 Å². The highest BCUT2D eigenvalue weighted by molar-refractivity contribution is 14.0. The summed E-state index contributed by atoms with van der Waals surface area (Å²) in [5.74, 6) is 2.35. The summed E-state index contributed by atoms with van der Waals surface area (Å²) in [6.45, 7) is 8.57. The van der Waals surface area contributed by atoms with Crippen LogP contribution >= 0.6 is 24.0 Å². The molecule has 1 atom stereocenters. The predicted molar refractivity (Wildman–Crippen MR) is 122 cm³/mol. The summed E-state index contributed by atoms with van der Waals surface area (Å²) in [6.07, 6.45) is 5.85. The van der Waals surface area contributed by atoms with Gasteiger partial charge in [-0.25, -0.2) is 4.99 Å². The third-order valence-electron chi connectivity index (χ3n) is 5.10. The number of halogens is 1. The number of aryl methyl sites for hydroxylation is 1. The number of hydrogen-bond donors (Lipinski definition) is 3. The minimum absolute atomic E-state index is 0. The van der Waals surface area contributed by atoms with E-state index in [0.717, 1.165) is 56.8 Å². The monoisotopic (exact) mass is 508 g/mol. The quantitative estimate of drug-likeness (QED) is 0.255. The molecule has 0 amide bonds. The van der Waals surface area contributed by atoms with Crippen LogP contribution < -0.4 is 10.6 Å². The minimum Gasteiger partial charge on any atom is -0.388 e. The first-order valence-corrected chi connectivity index (χ1v) is 10.2. The van der Waals surface area contributed by atoms with Crippen molar-refractivity contribution in [3.8, 4) is 0 Å². The number of nitrogens with zero attached hydrogens (tertiary/aromatic N) is 4. The van der Waals surface area contributed by atoms with E-state index in [9.17, 15) is 5.11 Å². The van der Waals surface area contributed by atoms with Crippen LogP contribution in [-0.4, -0.2) is 57.2 Å². The first kappa shape index (κ1) is 25.1. The molecular formula is C19H37IN6O2. The number of rotatable bonds is 10. The molecule has 1 aromatic rings. The molecule has 1 aliphatic rings. The van der Waals surface area contributed by atoms with Gasteiger partial charge in [-0.15, -0.1) is 34.2 Å². The number of aromatic nitrogens is 3. The predicted octanol–water partition coefficient (Wildman–Crippen LogP) is 2.29. The molecule has 9 heteroatoms. The van der Waals surface area contributed by atoms with Gasteiger partial charge in [-0.05, 0) is 32.6 Å². The summed E-state index contributed by atoms with van der Waals surface area (Å²) in [5.41, 5.74) is -0.711. The van der Waals surface area contributed by atoms with Crippen LogP contribution in [-0.2, 0) is 18.3 Å². The van der Waals surface area contributed by atoms with Crippen molar-refractivity contribution in [2.75, 3.05) is 19.7 Å². The second-order valence-corrected chi connectivity index (χ2v) is 7.48. The number of aliphatic imine (C=N–C) groups is 1. The van der Waals surface area contributed by atoms with Crippen LogP contribution in [0.25, 0.3) is 0 Å². The van der Waals surface area contributed by atoms with Crippen LogP contribution in [0.5, 0.6) is 0 Å². The zero-order chi connectivity index (χ0) is 19.7. The van der Waals surface area contributed by atoms with E-state index in [0.29, 0.717) is 25.6 Å². The van der Waals surface area contributed by atoms with Crippen molar-refractivity contribution in [1.29, 1.82) is 0 Å². The largest absolute Gasteiger partial charge is 0.388 e. The van der Waals surface area contributed by atoms with Gasteiger partial charge in [0.2, 0.25) is 0 Å². The van der Waals surface area contributed by atoms with Crippen molar-refractivity contribution in [2.45, 2.75) is 77.5 Å². The van der Waals surface area contributed by atoms with E-state index in [2.05, 4.69) is 39.7 Å². The van der Waals surface area contributed by atoms with E-state index in [4.69, 9.17) is 4.74 Å². The lowest BCUT2D eigenvalue weighted by Gasteiger charge is -2.29. The van der Waals surface area contributed by atoms with E-state index < -0.39 is 5.60 Å².